The smallest absolute Gasteiger partial charge is 0.336 e. The Bertz CT molecular complexity index is 824. The highest BCUT2D eigenvalue weighted by molar-refractivity contribution is 7.80. The summed E-state index contributed by atoms with van der Waals surface area (Å²) in [6.45, 7) is 0.888. The number of nitrogens with zero attached hydrogens (tertiary/aromatic N) is 4. The van der Waals surface area contributed by atoms with Crippen molar-refractivity contribution in [2.75, 3.05) is 26.2 Å². The third-order valence-corrected chi connectivity index (χ3v) is 4.52. The Kier molecular flexibility index (Phi) is 4.85. The van der Waals surface area contributed by atoms with Crippen molar-refractivity contribution in [1.82, 2.24) is 25.1 Å². The summed E-state index contributed by atoms with van der Waals surface area (Å²) in [5.41, 5.74) is 11.9. The number of nitrogens with two attached hydrogens (primary N) is 2. The Balaban J connectivity index is 1.92. The molecule has 0 aliphatic carbocycles. The van der Waals surface area contributed by atoms with Crippen LogP contribution in [0.5, 0.6) is 0 Å². The lowest BCUT2D eigenvalue weighted by Gasteiger charge is -2.28. The van der Waals surface area contributed by atoms with Gasteiger partial charge in [-0.25, -0.2) is 9.59 Å². The first-order valence-corrected chi connectivity index (χ1v) is 9.18. The van der Waals surface area contributed by atoms with Gasteiger partial charge in [-0.1, -0.05) is 0 Å². The topological polar surface area (TPSA) is 186 Å². The maximum absolute atomic E-state index is 12.4. The third kappa shape index (κ3) is 3.24. The zero-order valence-electron chi connectivity index (χ0n) is 13.6. The van der Waals surface area contributed by atoms with E-state index in [-0.39, 0.29) is 13.1 Å². The average Bonchev–Trinajstić information content (AvgIpc) is 3.12. The number of fused-ring (bicyclic) bond motifs is 4. The lowest BCUT2D eigenvalue weighted by atomic mass is 9.98. The average molecular weight is 389 g/mol. The van der Waals surface area contributed by atoms with Gasteiger partial charge in [-0.15, -0.1) is 4.28 Å². The van der Waals surface area contributed by atoms with Crippen LogP contribution in [0.2, 0.25) is 0 Å². The van der Waals surface area contributed by atoms with Gasteiger partial charge < -0.3 is 21.7 Å². The van der Waals surface area contributed by atoms with Crippen molar-refractivity contribution in [2.45, 2.75) is 18.5 Å². The van der Waals surface area contributed by atoms with E-state index < -0.39 is 34.5 Å². The normalized spacial score (nSPS) is 21.9. The van der Waals surface area contributed by atoms with Crippen molar-refractivity contribution in [3.63, 3.8) is 0 Å². The first kappa shape index (κ1) is 18.5. The zero-order chi connectivity index (χ0) is 19.1. The molecule has 3 heterocycles. The molecule has 144 valence electrons. The fourth-order valence-electron chi connectivity index (χ4n) is 3.05. The fourth-order valence-corrected chi connectivity index (χ4v) is 3.42. The number of carbonyl (C=O) groups excluding carboxylic acids is 2. The van der Waals surface area contributed by atoms with E-state index in [1.165, 1.54) is 11.1 Å². The first-order valence-electron chi connectivity index (χ1n) is 7.81. The molecular weight excluding hydrogens is 370 g/mol. The Morgan fingerprint density at radius 2 is 2.19 bits per heavy atom. The number of hydrogen-bond acceptors (Lipinski definition) is 8. The number of nitrogens with one attached hydrogen (secondary N) is 1. The minimum atomic E-state index is -4.90. The van der Waals surface area contributed by atoms with Crippen molar-refractivity contribution in [3.8, 4) is 0 Å². The van der Waals surface area contributed by atoms with Crippen LogP contribution in [0, 0.1) is 0 Å². The lowest BCUT2D eigenvalue weighted by Crippen LogP contribution is -2.38. The molecule has 3 rings (SSSR count). The van der Waals surface area contributed by atoms with E-state index >= 15 is 0 Å². The molecule has 14 heteroatoms. The van der Waals surface area contributed by atoms with Crippen molar-refractivity contribution in [3.05, 3.63) is 17.5 Å². The van der Waals surface area contributed by atoms with Crippen molar-refractivity contribution in [2.24, 2.45) is 11.5 Å². The molecule has 1 aromatic heterocycles. The van der Waals surface area contributed by atoms with Gasteiger partial charge in [-0.05, 0) is 13.0 Å². The Labute approximate surface area is 148 Å². The maximum atomic E-state index is 12.4. The predicted molar refractivity (Wildman–Crippen MR) is 85.8 cm³/mol. The first-order chi connectivity index (χ1) is 12.3. The van der Waals surface area contributed by atoms with Crippen LogP contribution < -0.4 is 16.8 Å². The van der Waals surface area contributed by atoms with Gasteiger partial charge in [0.1, 0.15) is 6.04 Å². The molecule has 2 aliphatic rings. The summed E-state index contributed by atoms with van der Waals surface area (Å²) in [5, 5.41) is 7.37. The van der Waals surface area contributed by atoms with Crippen LogP contribution in [-0.4, -0.2) is 71.0 Å². The van der Waals surface area contributed by atoms with Crippen LogP contribution in [0.25, 0.3) is 0 Å². The molecule has 0 aromatic carbocycles. The lowest BCUT2D eigenvalue weighted by molar-refractivity contribution is -0.0317. The summed E-state index contributed by atoms with van der Waals surface area (Å²) >= 11 is 0. The fraction of sp³-hybridized carbons (Fsp3) is 0.583. The number of carbonyl (C=O) groups is 2. The molecule has 26 heavy (non-hydrogen) atoms. The number of aromatic nitrogens is 2. The Hall–Kier alpha value is -2.26. The van der Waals surface area contributed by atoms with Crippen LogP contribution in [0.3, 0.4) is 0 Å². The summed E-state index contributed by atoms with van der Waals surface area (Å²) in [6.07, 6.45) is 1.98. The predicted octanol–water partition coefficient (Wildman–Crippen LogP) is -1.68. The van der Waals surface area contributed by atoms with E-state index in [2.05, 4.69) is 14.7 Å². The van der Waals surface area contributed by atoms with Gasteiger partial charge in [0, 0.05) is 24.8 Å². The highest BCUT2D eigenvalue weighted by Gasteiger charge is 2.51. The third-order valence-electron chi connectivity index (χ3n) is 4.17. The van der Waals surface area contributed by atoms with E-state index in [9.17, 15) is 18.0 Å². The van der Waals surface area contributed by atoms with E-state index in [4.69, 9.17) is 16.0 Å². The molecule has 2 atom stereocenters. The zero-order valence-corrected chi connectivity index (χ0v) is 14.4. The number of hydrogen-bond donors (Lipinski definition) is 4. The molecule has 3 amide bonds. The molecule has 2 bridgehead atoms. The molecule has 13 nitrogen and oxygen atoms in total. The van der Waals surface area contributed by atoms with Crippen LogP contribution in [0.15, 0.2) is 6.20 Å². The van der Waals surface area contributed by atoms with Gasteiger partial charge in [0.25, 0.3) is 0 Å². The van der Waals surface area contributed by atoms with E-state index in [0.717, 1.165) is 4.68 Å². The molecule has 0 radical (unpaired) electrons. The molecule has 0 spiro atoms. The molecule has 2 aliphatic heterocycles. The monoisotopic (exact) mass is 389 g/mol. The second-order valence-electron chi connectivity index (χ2n) is 5.82. The second kappa shape index (κ2) is 6.81. The van der Waals surface area contributed by atoms with Crippen LogP contribution in [-0.2, 0) is 14.7 Å². The van der Waals surface area contributed by atoms with Gasteiger partial charge in [0.05, 0.1) is 18.3 Å². The summed E-state index contributed by atoms with van der Waals surface area (Å²) in [7, 11) is -4.90. The van der Waals surface area contributed by atoms with Crippen molar-refractivity contribution < 1.29 is 26.8 Å². The Morgan fingerprint density at radius 3 is 2.81 bits per heavy atom. The molecule has 1 fully saturated rings. The van der Waals surface area contributed by atoms with E-state index in [1.54, 1.807) is 0 Å². The summed E-state index contributed by atoms with van der Waals surface area (Å²) < 4.78 is 36.5. The highest BCUT2D eigenvalue weighted by Crippen LogP contribution is 2.43. The van der Waals surface area contributed by atoms with E-state index in [0.29, 0.717) is 35.8 Å². The summed E-state index contributed by atoms with van der Waals surface area (Å²) in [4.78, 5) is 25.8. The largest absolute Gasteiger partial charge is 0.418 e. The number of urea groups is 1. The second-order valence-corrected chi connectivity index (χ2v) is 6.82. The minimum absolute atomic E-state index is 0.0109. The van der Waals surface area contributed by atoms with Crippen molar-refractivity contribution >= 4 is 22.5 Å². The van der Waals surface area contributed by atoms with Crippen LogP contribution in [0.4, 0.5) is 9.59 Å². The standard InChI is InChI=1S/C12H19N7O6S/c13-2-1-3-15-11(20)18-5-7-9-6-17(8(4-14)10(7)16-18)12(21)19(9)25-26(22,23)24/h5,8-9H,1-4,6,13-14H2,(H,15,20)(H,22,23,24)/t8?,9-/m1/s1. The minimum Gasteiger partial charge on any atom is -0.336 e. The molecule has 6 N–H and O–H groups in total. The highest BCUT2D eigenvalue weighted by atomic mass is 32.3. The number of rotatable bonds is 6. The summed E-state index contributed by atoms with van der Waals surface area (Å²) in [6, 6.07) is -2.77. The quantitative estimate of drug-likeness (QED) is 0.325. The molecule has 0 saturated carbocycles. The number of amides is 3. The Morgan fingerprint density at radius 1 is 1.46 bits per heavy atom. The molecule has 1 aromatic rings. The van der Waals surface area contributed by atoms with Gasteiger partial charge >= 0.3 is 22.5 Å². The molecule has 1 unspecified atom stereocenters. The van der Waals surface area contributed by atoms with Gasteiger partial charge in [0.2, 0.25) is 0 Å². The maximum Gasteiger partial charge on any atom is 0.418 e. The van der Waals surface area contributed by atoms with Crippen molar-refractivity contribution in [1.29, 1.82) is 0 Å². The van der Waals surface area contributed by atoms with Gasteiger partial charge in [0.15, 0.2) is 0 Å². The van der Waals surface area contributed by atoms with E-state index in [1.807, 2.05) is 0 Å². The number of hydroxylamine groups is 2. The van der Waals surface area contributed by atoms with Crippen LogP contribution >= 0.6 is 0 Å². The van der Waals surface area contributed by atoms with Gasteiger partial charge in [-0.2, -0.15) is 23.3 Å². The van der Waals surface area contributed by atoms with Crippen LogP contribution in [0.1, 0.15) is 29.8 Å². The van der Waals surface area contributed by atoms with Gasteiger partial charge in [-0.3, -0.25) is 4.55 Å². The molecular formula is C12H19N7O6S. The molecule has 1 saturated heterocycles. The SMILES string of the molecule is NCCCNC(=O)n1cc2c(n1)C(CN)N1C[C@H]2N(OS(=O)(=O)O)C1=O. The summed E-state index contributed by atoms with van der Waals surface area (Å²) in [5.74, 6) is 0.